The van der Waals surface area contributed by atoms with Crippen LogP contribution in [0, 0.1) is 0 Å². The Morgan fingerprint density at radius 1 is 1.30 bits per heavy atom. The molecule has 0 saturated heterocycles. The molecule has 0 bridgehead atoms. The van der Waals surface area contributed by atoms with E-state index in [4.69, 9.17) is 4.42 Å². The number of alkyl halides is 2. The van der Waals surface area contributed by atoms with E-state index in [2.05, 4.69) is 10.3 Å². The van der Waals surface area contributed by atoms with Gasteiger partial charge in [-0.05, 0) is 30.5 Å². The van der Waals surface area contributed by atoms with Crippen molar-refractivity contribution in [3.8, 4) is 0 Å². The Morgan fingerprint density at radius 3 is 2.61 bits per heavy atom. The zero-order valence-electron chi connectivity index (χ0n) is 14.0. The maximum atomic E-state index is 14.0. The quantitative estimate of drug-likeness (QED) is 0.832. The SMILES string of the molecule is CC(C)c1nc2cc(CNC3CCCC3)cc(C(C)(F)F)c2o1. The van der Waals surface area contributed by atoms with E-state index >= 15 is 0 Å². The second-order valence-corrected chi connectivity index (χ2v) is 6.95. The van der Waals surface area contributed by atoms with E-state index in [1.807, 2.05) is 19.9 Å². The standard InChI is InChI=1S/C18H24F2N2O/c1-11(2)17-22-15-9-12(10-21-13-6-4-5-7-13)8-14(16(15)23-17)18(3,19)20/h8-9,11,13,21H,4-7,10H2,1-3H3. The van der Waals surface area contributed by atoms with Crippen molar-refractivity contribution in [3.63, 3.8) is 0 Å². The number of nitrogens with one attached hydrogen (secondary N) is 1. The first kappa shape index (κ1) is 16.4. The van der Waals surface area contributed by atoms with Gasteiger partial charge in [0, 0.05) is 25.4 Å². The summed E-state index contributed by atoms with van der Waals surface area (Å²) < 4.78 is 33.6. The molecule has 0 unspecified atom stereocenters. The number of aromatic nitrogens is 1. The molecule has 3 rings (SSSR count). The van der Waals surface area contributed by atoms with Crippen molar-refractivity contribution in [1.29, 1.82) is 0 Å². The molecular weight excluding hydrogens is 298 g/mol. The highest BCUT2D eigenvalue weighted by Crippen LogP contribution is 2.35. The van der Waals surface area contributed by atoms with Crippen molar-refractivity contribution in [1.82, 2.24) is 10.3 Å². The fourth-order valence-corrected chi connectivity index (χ4v) is 3.18. The van der Waals surface area contributed by atoms with Crippen LogP contribution >= 0.6 is 0 Å². The van der Waals surface area contributed by atoms with Gasteiger partial charge in [-0.25, -0.2) is 13.8 Å². The van der Waals surface area contributed by atoms with E-state index in [1.165, 1.54) is 25.7 Å². The van der Waals surface area contributed by atoms with Crippen molar-refractivity contribution < 1.29 is 13.2 Å². The first-order valence-corrected chi connectivity index (χ1v) is 8.39. The fourth-order valence-electron chi connectivity index (χ4n) is 3.18. The average Bonchev–Trinajstić information content (AvgIpc) is 3.12. The number of nitrogens with zero attached hydrogens (tertiary/aromatic N) is 1. The number of hydrogen-bond acceptors (Lipinski definition) is 3. The second kappa shape index (κ2) is 6.19. The van der Waals surface area contributed by atoms with Gasteiger partial charge in [0.1, 0.15) is 5.52 Å². The Labute approximate surface area is 135 Å². The van der Waals surface area contributed by atoms with E-state index in [9.17, 15) is 8.78 Å². The molecule has 1 fully saturated rings. The van der Waals surface area contributed by atoms with Crippen molar-refractivity contribution >= 4 is 11.1 Å². The highest BCUT2D eigenvalue weighted by atomic mass is 19.3. The van der Waals surface area contributed by atoms with Gasteiger partial charge in [0.05, 0.1) is 5.56 Å². The molecule has 23 heavy (non-hydrogen) atoms. The third-order valence-electron chi connectivity index (χ3n) is 4.48. The van der Waals surface area contributed by atoms with E-state index < -0.39 is 5.92 Å². The molecule has 1 saturated carbocycles. The first-order chi connectivity index (χ1) is 10.8. The van der Waals surface area contributed by atoms with Gasteiger partial charge >= 0.3 is 0 Å². The Balaban J connectivity index is 1.95. The van der Waals surface area contributed by atoms with E-state index in [0.29, 0.717) is 24.0 Å². The van der Waals surface area contributed by atoms with Crippen LogP contribution in [0.4, 0.5) is 8.78 Å². The number of hydrogen-bond donors (Lipinski definition) is 1. The molecule has 1 aliphatic rings. The minimum atomic E-state index is -2.95. The van der Waals surface area contributed by atoms with Crippen molar-refractivity contribution in [2.24, 2.45) is 0 Å². The normalized spacial score (nSPS) is 16.8. The Morgan fingerprint density at radius 2 is 2.00 bits per heavy atom. The average molecular weight is 322 g/mol. The summed E-state index contributed by atoms with van der Waals surface area (Å²) in [5.41, 5.74) is 1.50. The molecule has 0 amide bonds. The third kappa shape index (κ3) is 3.55. The topological polar surface area (TPSA) is 38.1 Å². The predicted molar refractivity (Wildman–Crippen MR) is 86.8 cm³/mol. The molecule has 1 aromatic carbocycles. The van der Waals surface area contributed by atoms with Crippen LogP contribution in [-0.4, -0.2) is 11.0 Å². The monoisotopic (exact) mass is 322 g/mol. The van der Waals surface area contributed by atoms with Crippen molar-refractivity contribution in [2.45, 2.75) is 70.9 Å². The largest absolute Gasteiger partial charge is 0.440 e. The maximum Gasteiger partial charge on any atom is 0.274 e. The zero-order chi connectivity index (χ0) is 16.6. The minimum absolute atomic E-state index is 0.0702. The lowest BCUT2D eigenvalue weighted by Crippen LogP contribution is -2.25. The van der Waals surface area contributed by atoms with Gasteiger partial charge in [-0.1, -0.05) is 26.7 Å². The molecule has 2 aromatic rings. The Bertz CT molecular complexity index is 682. The van der Waals surface area contributed by atoms with Gasteiger partial charge in [-0.15, -0.1) is 0 Å². The third-order valence-corrected chi connectivity index (χ3v) is 4.48. The van der Waals surface area contributed by atoms with E-state index in [-0.39, 0.29) is 17.1 Å². The lowest BCUT2D eigenvalue weighted by molar-refractivity contribution is 0.0180. The maximum absolute atomic E-state index is 14.0. The lowest BCUT2D eigenvalue weighted by atomic mass is 10.0. The number of halogens is 2. The number of fused-ring (bicyclic) bond motifs is 1. The molecule has 1 aliphatic carbocycles. The van der Waals surface area contributed by atoms with Gasteiger partial charge in [0.25, 0.3) is 5.92 Å². The molecule has 3 nitrogen and oxygen atoms in total. The second-order valence-electron chi connectivity index (χ2n) is 6.95. The molecule has 1 N–H and O–H groups in total. The van der Waals surface area contributed by atoms with Crippen LogP contribution in [0.15, 0.2) is 16.5 Å². The van der Waals surface area contributed by atoms with Gasteiger partial charge in [0.15, 0.2) is 11.5 Å². The molecule has 5 heteroatoms. The van der Waals surface area contributed by atoms with Crippen molar-refractivity contribution in [2.75, 3.05) is 0 Å². The van der Waals surface area contributed by atoms with Crippen LogP contribution < -0.4 is 5.32 Å². The Kier molecular flexibility index (Phi) is 4.41. The molecule has 0 spiro atoms. The highest BCUT2D eigenvalue weighted by molar-refractivity contribution is 5.78. The summed E-state index contributed by atoms with van der Waals surface area (Å²) in [6.45, 7) is 5.38. The zero-order valence-corrected chi connectivity index (χ0v) is 14.0. The Hall–Kier alpha value is -1.49. The number of rotatable bonds is 5. The van der Waals surface area contributed by atoms with Crippen LogP contribution in [0.1, 0.15) is 69.4 Å². The van der Waals surface area contributed by atoms with Crippen molar-refractivity contribution in [3.05, 3.63) is 29.2 Å². The summed E-state index contributed by atoms with van der Waals surface area (Å²) in [4.78, 5) is 4.40. The van der Waals surface area contributed by atoms with E-state index in [0.717, 1.165) is 12.5 Å². The molecule has 1 heterocycles. The summed E-state index contributed by atoms with van der Waals surface area (Å²) in [6, 6.07) is 3.92. The van der Waals surface area contributed by atoms with Gasteiger partial charge in [0.2, 0.25) is 0 Å². The summed E-state index contributed by atoms with van der Waals surface area (Å²) in [5, 5.41) is 3.47. The molecule has 1 aromatic heterocycles. The van der Waals surface area contributed by atoms with Gasteiger partial charge in [-0.2, -0.15) is 0 Å². The molecule has 0 atom stereocenters. The molecule has 0 aliphatic heterocycles. The molecule has 0 radical (unpaired) electrons. The minimum Gasteiger partial charge on any atom is -0.440 e. The summed E-state index contributed by atoms with van der Waals surface area (Å²) in [7, 11) is 0. The smallest absolute Gasteiger partial charge is 0.274 e. The van der Waals surface area contributed by atoms with Crippen LogP contribution in [0.5, 0.6) is 0 Å². The first-order valence-electron chi connectivity index (χ1n) is 8.39. The summed E-state index contributed by atoms with van der Waals surface area (Å²) in [6.07, 6.45) is 4.83. The van der Waals surface area contributed by atoms with Crippen LogP contribution in [-0.2, 0) is 12.5 Å². The molecule has 126 valence electrons. The van der Waals surface area contributed by atoms with E-state index in [1.54, 1.807) is 6.07 Å². The summed E-state index contributed by atoms with van der Waals surface area (Å²) >= 11 is 0. The van der Waals surface area contributed by atoms with Gasteiger partial charge in [-0.3, -0.25) is 0 Å². The van der Waals surface area contributed by atoms with Crippen LogP contribution in [0.25, 0.3) is 11.1 Å². The lowest BCUT2D eigenvalue weighted by Gasteiger charge is -2.15. The van der Waals surface area contributed by atoms with Gasteiger partial charge < -0.3 is 9.73 Å². The predicted octanol–water partition coefficient (Wildman–Crippen LogP) is 5.10. The highest BCUT2D eigenvalue weighted by Gasteiger charge is 2.30. The summed E-state index contributed by atoms with van der Waals surface area (Å²) in [5.74, 6) is -2.37. The number of oxazole rings is 1. The molecular formula is C18H24F2N2O. The van der Waals surface area contributed by atoms with Crippen LogP contribution in [0.2, 0.25) is 0 Å². The number of benzene rings is 1. The fraction of sp³-hybridized carbons (Fsp3) is 0.611. The van der Waals surface area contributed by atoms with Crippen LogP contribution in [0.3, 0.4) is 0 Å².